The van der Waals surface area contributed by atoms with Crippen molar-refractivity contribution in [2.75, 3.05) is 20.3 Å². The van der Waals surface area contributed by atoms with Crippen molar-refractivity contribution in [1.29, 1.82) is 5.26 Å². The first-order valence-electron chi connectivity index (χ1n) is 5.74. The number of nitrogens with zero attached hydrogens (tertiary/aromatic N) is 1. The fraction of sp³-hybridized carbons (Fsp3) is 0.833. The van der Waals surface area contributed by atoms with E-state index in [9.17, 15) is 4.79 Å². The van der Waals surface area contributed by atoms with Crippen molar-refractivity contribution >= 4 is 5.97 Å². The molecule has 0 spiro atoms. The first-order chi connectivity index (χ1) is 7.69. The molecule has 0 aromatic rings. The number of hydrogen-bond acceptors (Lipinski definition) is 4. The van der Waals surface area contributed by atoms with Gasteiger partial charge in [0.1, 0.15) is 6.61 Å². The van der Waals surface area contributed by atoms with Crippen LogP contribution in [-0.4, -0.2) is 26.3 Å². The Morgan fingerprint density at radius 1 is 1.31 bits per heavy atom. The van der Waals surface area contributed by atoms with Crippen LogP contribution < -0.4 is 0 Å². The number of rotatable bonds is 8. The van der Waals surface area contributed by atoms with E-state index in [2.05, 4.69) is 6.07 Å². The molecule has 2 atom stereocenters. The third-order valence-electron chi connectivity index (χ3n) is 2.60. The van der Waals surface area contributed by atoms with Crippen LogP contribution >= 0.6 is 0 Å². The molecule has 0 aliphatic heterocycles. The van der Waals surface area contributed by atoms with Gasteiger partial charge in [0.15, 0.2) is 0 Å². The molecule has 0 bridgehead atoms. The molecular weight excluding hydrogens is 206 g/mol. The van der Waals surface area contributed by atoms with E-state index in [0.29, 0.717) is 19.4 Å². The average molecular weight is 227 g/mol. The summed E-state index contributed by atoms with van der Waals surface area (Å²) in [5.41, 5.74) is 0. The van der Waals surface area contributed by atoms with Crippen LogP contribution in [-0.2, 0) is 14.3 Å². The van der Waals surface area contributed by atoms with Crippen LogP contribution in [0.15, 0.2) is 0 Å². The largest absolute Gasteiger partial charge is 0.463 e. The lowest BCUT2D eigenvalue weighted by atomic mass is 9.92. The van der Waals surface area contributed by atoms with Gasteiger partial charge in [-0.2, -0.15) is 5.26 Å². The highest BCUT2D eigenvalue weighted by Crippen LogP contribution is 2.19. The van der Waals surface area contributed by atoms with Crippen LogP contribution in [0.4, 0.5) is 0 Å². The number of ether oxygens (including phenoxy) is 2. The highest BCUT2D eigenvalue weighted by molar-refractivity contribution is 5.72. The van der Waals surface area contributed by atoms with Gasteiger partial charge in [-0.05, 0) is 19.3 Å². The standard InChI is InChI=1S/C12H21NO3/c1-4-10(9-13)8-11(5-2)12(14)16-7-6-15-3/h10-11H,4-8H2,1-3H3. The summed E-state index contributed by atoms with van der Waals surface area (Å²) in [4.78, 5) is 11.6. The predicted octanol–water partition coefficient (Wildman–Crippen LogP) is 2.14. The summed E-state index contributed by atoms with van der Waals surface area (Å²) in [7, 11) is 1.56. The molecule has 0 fully saturated rings. The Bertz CT molecular complexity index is 235. The van der Waals surface area contributed by atoms with Gasteiger partial charge >= 0.3 is 5.97 Å². The lowest BCUT2D eigenvalue weighted by Crippen LogP contribution is -2.21. The summed E-state index contributed by atoms with van der Waals surface area (Å²) in [5, 5.41) is 8.84. The minimum absolute atomic E-state index is 0.0556. The summed E-state index contributed by atoms with van der Waals surface area (Å²) in [6.07, 6.45) is 2.08. The molecular formula is C12H21NO3. The van der Waals surface area contributed by atoms with Crippen LogP contribution in [0.2, 0.25) is 0 Å². The minimum atomic E-state index is -0.215. The molecule has 0 heterocycles. The third kappa shape index (κ3) is 5.72. The summed E-state index contributed by atoms with van der Waals surface area (Å²) < 4.78 is 9.85. The Morgan fingerprint density at radius 3 is 2.44 bits per heavy atom. The van der Waals surface area contributed by atoms with Crippen molar-refractivity contribution < 1.29 is 14.3 Å². The fourth-order valence-corrected chi connectivity index (χ4v) is 1.43. The molecule has 4 heteroatoms. The molecule has 0 rings (SSSR count). The molecule has 0 saturated heterocycles. The second kappa shape index (κ2) is 9.17. The van der Waals surface area contributed by atoms with E-state index < -0.39 is 0 Å². The average Bonchev–Trinajstić information content (AvgIpc) is 2.31. The zero-order valence-electron chi connectivity index (χ0n) is 10.4. The summed E-state index contributed by atoms with van der Waals surface area (Å²) >= 11 is 0. The fourth-order valence-electron chi connectivity index (χ4n) is 1.43. The van der Waals surface area contributed by atoms with Gasteiger partial charge in [-0.1, -0.05) is 13.8 Å². The van der Waals surface area contributed by atoms with Crippen molar-refractivity contribution in [2.45, 2.75) is 33.1 Å². The van der Waals surface area contributed by atoms with Crippen molar-refractivity contribution in [2.24, 2.45) is 11.8 Å². The molecule has 0 radical (unpaired) electrons. The number of carbonyl (C=O) groups is 1. The van der Waals surface area contributed by atoms with E-state index in [-0.39, 0.29) is 24.4 Å². The highest BCUT2D eigenvalue weighted by atomic mass is 16.6. The lowest BCUT2D eigenvalue weighted by molar-refractivity contribution is -0.150. The second-order valence-corrected chi connectivity index (χ2v) is 3.74. The minimum Gasteiger partial charge on any atom is -0.463 e. The molecule has 0 N–H and O–H groups in total. The van der Waals surface area contributed by atoms with E-state index in [1.807, 2.05) is 13.8 Å². The SMILES string of the molecule is CCC(C#N)CC(CC)C(=O)OCCOC. The molecule has 92 valence electrons. The van der Waals surface area contributed by atoms with Gasteiger partial charge in [-0.15, -0.1) is 0 Å². The van der Waals surface area contributed by atoms with E-state index in [4.69, 9.17) is 14.7 Å². The number of nitriles is 1. The topological polar surface area (TPSA) is 59.3 Å². The Balaban J connectivity index is 4.06. The van der Waals surface area contributed by atoms with Crippen LogP contribution in [0.3, 0.4) is 0 Å². The summed E-state index contributed by atoms with van der Waals surface area (Å²) in [5.74, 6) is -0.436. The van der Waals surface area contributed by atoms with Crippen LogP contribution in [0.25, 0.3) is 0 Å². The van der Waals surface area contributed by atoms with Gasteiger partial charge in [0, 0.05) is 13.0 Å². The van der Waals surface area contributed by atoms with Gasteiger partial charge in [0.2, 0.25) is 0 Å². The molecule has 0 aromatic carbocycles. The van der Waals surface area contributed by atoms with Gasteiger partial charge in [0.05, 0.1) is 18.6 Å². The maximum atomic E-state index is 11.6. The van der Waals surface area contributed by atoms with E-state index in [0.717, 1.165) is 6.42 Å². The van der Waals surface area contributed by atoms with Gasteiger partial charge in [-0.3, -0.25) is 4.79 Å². The van der Waals surface area contributed by atoms with Crippen LogP contribution in [0, 0.1) is 23.2 Å². The smallest absolute Gasteiger partial charge is 0.309 e. The van der Waals surface area contributed by atoms with Crippen LogP contribution in [0.5, 0.6) is 0 Å². The maximum Gasteiger partial charge on any atom is 0.309 e. The van der Waals surface area contributed by atoms with E-state index >= 15 is 0 Å². The van der Waals surface area contributed by atoms with E-state index in [1.165, 1.54) is 0 Å². The van der Waals surface area contributed by atoms with Gasteiger partial charge in [0.25, 0.3) is 0 Å². The quantitative estimate of drug-likeness (QED) is 0.471. The first kappa shape index (κ1) is 14.9. The normalized spacial score (nSPS) is 13.9. The molecule has 0 amide bonds. The molecule has 2 unspecified atom stereocenters. The Morgan fingerprint density at radius 2 is 2.00 bits per heavy atom. The summed E-state index contributed by atoms with van der Waals surface area (Å²) in [6.45, 7) is 4.59. The molecule has 4 nitrogen and oxygen atoms in total. The predicted molar refractivity (Wildman–Crippen MR) is 60.6 cm³/mol. The zero-order valence-corrected chi connectivity index (χ0v) is 10.4. The van der Waals surface area contributed by atoms with Crippen molar-refractivity contribution in [3.05, 3.63) is 0 Å². The Hall–Kier alpha value is -1.08. The van der Waals surface area contributed by atoms with Gasteiger partial charge < -0.3 is 9.47 Å². The Kier molecular flexibility index (Phi) is 8.55. The van der Waals surface area contributed by atoms with E-state index in [1.54, 1.807) is 7.11 Å². The number of hydrogen-bond donors (Lipinski definition) is 0. The van der Waals surface area contributed by atoms with Crippen molar-refractivity contribution in [3.8, 4) is 6.07 Å². The highest BCUT2D eigenvalue weighted by Gasteiger charge is 2.21. The zero-order chi connectivity index (χ0) is 12.4. The third-order valence-corrected chi connectivity index (χ3v) is 2.60. The summed E-state index contributed by atoms with van der Waals surface area (Å²) in [6, 6.07) is 2.21. The monoisotopic (exact) mass is 227 g/mol. The molecule has 0 aliphatic rings. The maximum absolute atomic E-state index is 11.6. The second-order valence-electron chi connectivity index (χ2n) is 3.74. The number of methoxy groups -OCH3 is 1. The molecule has 16 heavy (non-hydrogen) atoms. The Labute approximate surface area is 97.5 Å². The van der Waals surface area contributed by atoms with Crippen molar-refractivity contribution in [1.82, 2.24) is 0 Å². The molecule has 0 aromatic heterocycles. The van der Waals surface area contributed by atoms with Crippen molar-refractivity contribution in [3.63, 3.8) is 0 Å². The van der Waals surface area contributed by atoms with Crippen LogP contribution in [0.1, 0.15) is 33.1 Å². The molecule has 0 aliphatic carbocycles. The lowest BCUT2D eigenvalue weighted by Gasteiger charge is -2.16. The number of carbonyl (C=O) groups excluding carboxylic acids is 1. The first-order valence-corrected chi connectivity index (χ1v) is 5.74. The molecule has 0 saturated carbocycles. The van der Waals surface area contributed by atoms with Gasteiger partial charge in [-0.25, -0.2) is 0 Å². The number of esters is 1.